The first-order valence-electron chi connectivity index (χ1n) is 8.86. The Morgan fingerprint density at radius 1 is 1.32 bits per heavy atom. The Hall–Kier alpha value is -1.05. The first-order chi connectivity index (χ1) is 10.4. The van der Waals surface area contributed by atoms with Gasteiger partial charge in [-0.15, -0.1) is 6.58 Å². The maximum atomic E-state index is 12.2. The molecule has 0 aromatic heterocycles. The predicted octanol–water partition coefficient (Wildman–Crippen LogP) is 4.90. The lowest BCUT2D eigenvalue weighted by molar-refractivity contribution is -0.154. The van der Waals surface area contributed by atoms with E-state index in [9.17, 15) is 4.79 Å². The normalized spacial score (nSPS) is 44.3. The van der Waals surface area contributed by atoms with E-state index in [1.54, 1.807) is 12.7 Å². The molecule has 122 valence electrons. The zero-order valence-corrected chi connectivity index (χ0v) is 14.4. The number of carbonyl (C=O) groups excluding carboxylic acids is 1. The summed E-state index contributed by atoms with van der Waals surface area (Å²) in [6.07, 6.45) is 12.8. The summed E-state index contributed by atoms with van der Waals surface area (Å²) in [5.74, 6) is 1.31. The SMILES string of the molecule is C=CC1(C)C=C2CCC3[C@H](C(=O)OC)CCC[C@@]3(C)[C@H]2CC1. The molecule has 0 radical (unpaired) electrons. The van der Waals surface area contributed by atoms with Gasteiger partial charge < -0.3 is 4.74 Å². The van der Waals surface area contributed by atoms with E-state index in [4.69, 9.17) is 4.74 Å². The lowest BCUT2D eigenvalue weighted by Gasteiger charge is -2.56. The van der Waals surface area contributed by atoms with Crippen LogP contribution in [0.15, 0.2) is 24.3 Å². The molecule has 2 unspecified atom stereocenters. The third-order valence-corrected chi connectivity index (χ3v) is 7.01. The van der Waals surface area contributed by atoms with Crippen molar-refractivity contribution < 1.29 is 9.53 Å². The number of ether oxygens (including phenoxy) is 1. The van der Waals surface area contributed by atoms with Crippen LogP contribution in [0.2, 0.25) is 0 Å². The van der Waals surface area contributed by atoms with Crippen molar-refractivity contribution in [3.05, 3.63) is 24.3 Å². The van der Waals surface area contributed by atoms with Crippen LogP contribution in [0.5, 0.6) is 0 Å². The molecule has 0 N–H and O–H groups in total. The highest BCUT2D eigenvalue weighted by Gasteiger charge is 2.53. The molecule has 2 fully saturated rings. The van der Waals surface area contributed by atoms with Gasteiger partial charge in [0.25, 0.3) is 0 Å². The van der Waals surface area contributed by atoms with Gasteiger partial charge in [0.15, 0.2) is 0 Å². The summed E-state index contributed by atoms with van der Waals surface area (Å²) in [6.45, 7) is 8.78. The largest absolute Gasteiger partial charge is 0.469 e. The minimum absolute atomic E-state index is 0.0232. The molecule has 2 heteroatoms. The molecule has 3 rings (SSSR count). The summed E-state index contributed by atoms with van der Waals surface area (Å²) in [4.78, 5) is 12.2. The van der Waals surface area contributed by atoms with Gasteiger partial charge in [0, 0.05) is 5.41 Å². The van der Waals surface area contributed by atoms with Crippen LogP contribution < -0.4 is 0 Å². The van der Waals surface area contributed by atoms with Crippen molar-refractivity contribution in [1.29, 1.82) is 0 Å². The van der Waals surface area contributed by atoms with Gasteiger partial charge in [-0.3, -0.25) is 4.79 Å². The van der Waals surface area contributed by atoms with Crippen LogP contribution in [0.4, 0.5) is 0 Å². The molecular formula is C20H30O2. The average Bonchev–Trinajstić information content (AvgIpc) is 2.52. The highest BCUT2D eigenvalue weighted by Crippen LogP contribution is 2.60. The van der Waals surface area contributed by atoms with E-state index in [0.29, 0.717) is 11.8 Å². The van der Waals surface area contributed by atoms with Gasteiger partial charge in [-0.05, 0) is 55.8 Å². The van der Waals surface area contributed by atoms with Crippen LogP contribution in [0, 0.1) is 28.6 Å². The molecule has 2 nitrogen and oxygen atoms in total. The fourth-order valence-corrected chi connectivity index (χ4v) is 5.67. The number of rotatable bonds is 2. The Bertz CT molecular complexity index is 506. The standard InChI is InChI=1S/C20H30O2/c1-5-19(2)12-10-16-14(13-19)8-9-17-15(18(21)22-4)7-6-11-20(16,17)3/h5,13,15-17H,1,6-12H2,2-4H3/t15-,16+,17?,19?,20+/m1/s1. The summed E-state index contributed by atoms with van der Waals surface area (Å²) >= 11 is 0. The van der Waals surface area contributed by atoms with Crippen molar-refractivity contribution >= 4 is 5.97 Å². The Balaban J connectivity index is 1.92. The molecule has 0 aromatic rings. The number of carbonyl (C=O) groups is 1. The first-order valence-corrected chi connectivity index (χ1v) is 8.86. The van der Waals surface area contributed by atoms with E-state index in [0.717, 1.165) is 25.7 Å². The summed E-state index contributed by atoms with van der Waals surface area (Å²) in [5.41, 5.74) is 2.09. The molecule has 0 aromatic carbocycles. The van der Waals surface area contributed by atoms with E-state index >= 15 is 0 Å². The maximum Gasteiger partial charge on any atom is 0.308 e. The van der Waals surface area contributed by atoms with Crippen LogP contribution in [-0.2, 0) is 9.53 Å². The number of methoxy groups -OCH3 is 1. The molecule has 0 bridgehead atoms. The molecule has 0 spiro atoms. The van der Waals surface area contributed by atoms with Crippen LogP contribution in [0.25, 0.3) is 0 Å². The molecule has 22 heavy (non-hydrogen) atoms. The van der Waals surface area contributed by atoms with Gasteiger partial charge in [0.2, 0.25) is 0 Å². The number of fused-ring (bicyclic) bond motifs is 3. The summed E-state index contributed by atoms with van der Waals surface area (Å²) in [7, 11) is 1.54. The number of hydrogen-bond donors (Lipinski definition) is 0. The van der Waals surface area contributed by atoms with Gasteiger partial charge in [-0.1, -0.05) is 38.0 Å². The summed E-state index contributed by atoms with van der Waals surface area (Å²) in [6, 6.07) is 0. The Morgan fingerprint density at radius 3 is 2.77 bits per heavy atom. The van der Waals surface area contributed by atoms with Crippen molar-refractivity contribution in [3.8, 4) is 0 Å². The third-order valence-electron chi connectivity index (χ3n) is 7.01. The lowest BCUT2D eigenvalue weighted by atomic mass is 9.48. The molecule has 2 saturated carbocycles. The molecular weight excluding hydrogens is 272 g/mol. The second-order valence-corrected chi connectivity index (χ2v) is 8.19. The van der Waals surface area contributed by atoms with Gasteiger partial charge in [0.1, 0.15) is 0 Å². The fraction of sp³-hybridized carbons (Fsp3) is 0.750. The molecule has 3 aliphatic rings. The van der Waals surface area contributed by atoms with Crippen molar-refractivity contribution in [3.63, 3.8) is 0 Å². The molecule has 0 aliphatic heterocycles. The van der Waals surface area contributed by atoms with E-state index in [1.807, 2.05) is 0 Å². The van der Waals surface area contributed by atoms with Crippen LogP contribution >= 0.6 is 0 Å². The number of hydrogen-bond acceptors (Lipinski definition) is 2. The minimum atomic E-state index is 0.0232. The Morgan fingerprint density at radius 2 is 2.09 bits per heavy atom. The van der Waals surface area contributed by atoms with E-state index in [2.05, 4.69) is 32.6 Å². The zero-order chi connectivity index (χ0) is 16.0. The van der Waals surface area contributed by atoms with E-state index in [1.165, 1.54) is 19.3 Å². The van der Waals surface area contributed by atoms with Gasteiger partial charge in [-0.25, -0.2) is 0 Å². The number of allylic oxidation sites excluding steroid dienone is 3. The highest BCUT2D eigenvalue weighted by atomic mass is 16.5. The topological polar surface area (TPSA) is 26.3 Å². The monoisotopic (exact) mass is 302 g/mol. The third kappa shape index (κ3) is 2.35. The zero-order valence-electron chi connectivity index (χ0n) is 14.4. The first kappa shape index (κ1) is 15.8. The van der Waals surface area contributed by atoms with Crippen LogP contribution in [0.3, 0.4) is 0 Å². The fourth-order valence-electron chi connectivity index (χ4n) is 5.67. The van der Waals surface area contributed by atoms with E-state index < -0.39 is 0 Å². The Labute approximate surface area is 135 Å². The lowest BCUT2D eigenvalue weighted by Crippen LogP contribution is -2.49. The smallest absolute Gasteiger partial charge is 0.308 e. The molecule has 0 amide bonds. The Kier molecular flexibility index (Phi) is 3.99. The second-order valence-electron chi connectivity index (χ2n) is 8.19. The molecule has 3 aliphatic carbocycles. The summed E-state index contributed by atoms with van der Waals surface area (Å²) in [5, 5.41) is 0. The van der Waals surface area contributed by atoms with Crippen molar-refractivity contribution in [2.45, 2.75) is 58.8 Å². The van der Waals surface area contributed by atoms with Crippen molar-refractivity contribution in [2.75, 3.05) is 7.11 Å². The minimum Gasteiger partial charge on any atom is -0.469 e. The second kappa shape index (κ2) is 5.54. The average molecular weight is 302 g/mol. The van der Waals surface area contributed by atoms with Crippen LogP contribution in [0.1, 0.15) is 58.8 Å². The van der Waals surface area contributed by atoms with Gasteiger partial charge in [-0.2, -0.15) is 0 Å². The predicted molar refractivity (Wildman–Crippen MR) is 89.3 cm³/mol. The van der Waals surface area contributed by atoms with Crippen LogP contribution in [-0.4, -0.2) is 13.1 Å². The van der Waals surface area contributed by atoms with Gasteiger partial charge >= 0.3 is 5.97 Å². The number of esters is 1. The molecule has 0 heterocycles. The summed E-state index contributed by atoms with van der Waals surface area (Å²) < 4.78 is 5.10. The van der Waals surface area contributed by atoms with E-state index in [-0.39, 0.29) is 22.7 Å². The van der Waals surface area contributed by atoms with Crippen molar-refractivity contribution in [1.82, 2.24) is 0 Å². The van der Waals surface area contributed by atoms with Gasteiger partial charge in [0.05, 0.1) is 13.0 Å². The molecule has 0 saturated heterocycles. The maximum absolute atomic E-state index is 12.2. The highest BCUT2D eigenvalue weighted by molar-refractivity contribution is 5.73. The molecule has 5 atom stereocenters. The quantitative estimate of drug-likeness (QED) is 0.535. The van der Waals surface area contributed by atoms with Crippen molar-refractivity contribution in [2.24, 2.45) is 28.6 Å².